The van der Waals surface area contributed by atoms with Gasteiger partial charge in [-0.15, -0.1) is 0 Å². The van der Waals surface area contributed by atoms with E-state index in [0.29, 0.717) is 0 Å². The predicted molar refractivity (Wildman–Crippen MR) is 71.5 cm³/mol. The maximum Gasteiger partial charge on any atom is 0.166 e. The van der Waals surface area contributed by atoms with Gasteiger partial charge in [-0.2, -0.15) is 0 Å². The molecule has 1 aliphatic rings. The van der Waals surface area contributed by atoms with Gasteiger partial charge < -0.3 is 5.11 Å². The van der Waals surface area contributed by atoms with Crippen molar-refractivity contribution in [3.05, 3.63) is 60.2 Å². The quantitative estimate of drug-likeness (QED) is 0.829. The fourth-order valence-corrected chi connectivity index (χ4v) is 2.62. The summed E-state index contributed by atoms with van der Waals surface area (Å²) in [5, 5.41) is 12.5. The molecular weight excluding hydrogens is 224 g/mol. The summed E-state index contributed by atoms with van der Waals surface area (Å²) in [5.74, 6) is -0.516. The Balaban J connectivity index is 2.12. The third-order valence-electron chi connectivity index (χ3n) is 3.56. The summed E-state index contributed by atoms with van der Waals surface area (Å²) >= 11 is 0. The molecular formula is C16H14O2. The van der Waals surface area contributed by atoms with Crippen molar-refractivity contribution in [1.29, 1.82) is 0 Å². The van der Waals surface area contributed by atoms with Crippen LogP contribution in [0.25, 0.3) is 10.8 Å². The van der Waals surface area contributed by atoms with Crippen molar-refractivity contribution >= 4 is 16.6 Å². The zero-order valence-corrected chi connectivity index (χ0v) is 10.1. The second kappa shape index (κ2) is 3.79. The van der Waals surface area contributed by atoms with Gasteiger partial charge in [0, 0.05) is 0 Å². The molecule has 2 heteroatoms. The Morgan fingerprint density at radius 2 is 1.83 bits per heavy atom. The van der Waals surface area contributed by atoms with E-state index >= 15 is 0 Å². The number of hydrogen-bond donors (Lipinski definition) is 1. The van der Waals surface area contributed by atoms with Crippen molar-refractivity contribution in [3.63, 3.8) is 0 Å². The first kappa shape index (κ1) is 11.2. The molecule has 0 saturated carbocycles. The number of benzene rings is 2. The Morgan fingerprint density at radius 1 is 1.11 bits per heavy atom. The highest BCUT2D eigenvalue weighted by Gasteiger charge is 2.39. The second-order valence-electron chi connectivity index (χ2n) is 5.00. The second-order valence-corrected chi connectivity index (χ2v) is 5.00. The molecule has 2 aromatic rings. The number of fused-ring (bicyclic) bond motifs is 1. The van der Waals surface area contributed by atoms with Crippen molar-refractivity contribution in [2.75, 3.05) is 0 Å². The third-order valence-corrected chi connectivity index (χ3v) is 3.56. The minimum absolute atomic E-state index is 0.0321. The Kier molecular flexibility index (Phi) is 2.35. The van der Waals surface area contributed by atoms with Gasteiger partial charge in [0.1, 0.15) is 0 Å². The lowest BCUT2D eigenvalue weighted by Gasteiger charge is -2.24. The molecule has 0 radical (unpaired) electrons. The number of aliphatic hydroxyl groups is 1. The Hall–Kier alpha value is -1.93. The summed E-state index contributed by atoms with van der Waals surface area (Å²) in [6.07, 6.45) is 3.05. The summed E-state index contributed by atoms with van der Waals surface area (Å²) in [5.41, 5.74) is -0.215. The van der Waals surface area contributed by atoms with E-state index in [1.54, 1.807) is 13.0 Å². The van der Waals surface area contributed by atoms with Crippen molar-refractivity contribution in [1.82, 2.24) is 0 Å². The minimum Gasteiger partial charge on any atom is -0.385 e. The molecule has 1 aliphatic carbocycles. The lowest BCUT2D eigenvalue weighted by molar-refractivity contribution is -0.118. The van der Waals surface area contributed by atoms with Crippen LogP contribution in [0.3, 0.4) is 0 Å². The van der Waals surface area contributed by atoms with Gasteiger partial charge in [-0.1, -0.05) is 42.5 Å². The van der Waals surface area contributed by atoms with Gasteiger partial charge >= 0.3 is 0 Å². The first-order valence-electron chi connectivity index (χ1n) is 6.02. The molecule has 1 N–H and O–H groups in total. The van der Waals surface area contributed by atoms with Crippen LogP contribution in [-0.4, -0.2) is 16.5 Å². The molecule has 2 atom stereocenters. The molecule has 18 heavy (non-hydrogen) atoms. The lowest BCUT2D eigenvalue weighted by atomic mass is 9.84. The fraction of sp³-hybridized carbons (Fsp3) is 0.188. The van der Waals surface area contributed by atoms with Crippen LogP contribution < -0.4 is 0 Å². The van der Waals surface area contributed by atoms with E-state index in [1.807, 2.05) is 42.5 Å². The number of carbonyl (C=O) groups excluding carboxylic acids is 1. The first-order valence-corrected chi connectivity index (χ1v) is 6.02. The highest BCUT2D eigenvalue weighted by atomic mass is 16.3. The van der Waals surface area contributed by atoms with Crippen LogP contribution in [0.2, 0.25) is 0 Å². The van der Waals surface area contributed by atoms with E-state index in [4.69, 9.17) is 0 Å². The van der Waals surface area contributed by atoms with Gasteiger partial charge in [0.05, 0.1) is 11.5 Å². The van der Waals surface area contributed by atoms with Gasteiger partial charge in [-0.25, -0.2) is 0 Å². The van der Waals surface area contributed by atoms with E-state index in [0.717, 1.165) is 16.3 Å². The smallest absolute Gasteiger partial charge is 0.166 e. The fourth-order valence-electron chi connectivity index (χ4n) is 2.62. The molecule has 0 heterocycles. The molecule has 90 valence electrons. The van der Waals surface area contributed by atoms with E-state index < -0.39 is 11.5 Å². The number of allylic oxidation sites excluding steroid dienone is 1. The maximum absolute atomic E-state index is 11.9. The van der Waals surface area contributed by atoms with Crippen LogP contribution in [0.4, 0.5) is 0 Å². The molecule has 2 aromatic carbocycles. The third kappa shape index (κ3) is 1.66. The number of ketones is 1. The van der Waals surface area contributed by atoms with Gasteiger partial charge in [0.25, 0.3) is 0 Å². The molecule has 0 fully saturated rings. The predicted octanol–water partition coefficient (Wildman–Crippen LogP) is 2.81. The Bertz CT molecular complexity index is 653. The van der Waals surface area contributed by atoms with Gasteiger partial charge in [0.2, 0.25) is 0 Å². The Labute approximate surface area is 106 Å². The number of rotatable bonds is 1. The summed E-state index contributed by atoms with van der Waals surface area (Å²) < 4.78 is 0. The lowest BCUT2D eigenvalue weighted by Crippen LogP contribution is -2.30. The SMILES string of the molecule is CC1(O)C=CC(=O)C1c1ccc2ccccc2c1. The molecule has 0 aliphatic heterocycles. The van der Waals surface area contributed by atoms with Crippen LogP contribution in [0.15, 0.2) is 54.6 Å². The molecule has 0 aromatic heterocycles. The van der Waals surface area contributed by atoms with E-state index in [1.165, 1.54) is 6.08 Å². The Morgan fingerprint density at radius 3 is 2.50 bits per heavy atom. The zero-order valence-electron chi connectivity index (χ0n) is 10.1. The number of hydrogen-bond acceptors (Lipinski definition) is 2. The summed E-state index contributed by atoms with van der Waals surface area (Å²) in [4.78, 5) is 11.9. The largest absolute Gasteiger partial charge is 0.385 e. The molecule has 2 unspecified atom stereocenters. The monoisotopic (exact) mass is 238 g/mol. The molecule has 0 bridgehead atoms. The molecule has 0 spiro atoms. The highest BCUT2D eigenvalue weighted by molar-refractivity contribution is 6.00. The highest BCUT2D eigenvalue weighted by Crippen LogP contribution is 2.36. The van der Waals surface area contributed by atoms with E-state index in [2.05, 4.69) is 0 Å². The normalized spacial score (nSPS) is 27.0. The summed E-state index contributed by atoms with van der Waals surface area (Å²) in [7, 11) is 0. The zero-order chi connectivity index (χ0) is 12.8. The van der Waals surface area contributed by atoms with Crippen molar-refractivity contribution in [2.45, 2.75) is 18.4 Å². The van der Waals surface area contributed by atoms with Crippen molar-refractivity contribution in [3.8, 4) is 0 Å². The summed E-state index contributed by atoms with van der Waals surface area (Å²) in [6, 6.07) is 13.9. The average molecular weight is 238 g/mol. The van der Waals surface area contributed by atoms with Crippen molar-refractivity contribution in [2.24, 2.45) is 0 Å². The van der Waals surface area contributed by atoms with Gasteiger partial charge in [-0.05, 0) is 35.4 Å². The molecule has 0 saturated heterocycles. The van der Waals surface area contributed by atoms with Crippen LogP contribution >= 0.6 is 0 Å². The van der Waals surface area contributed by atoms with Crippen LogP contribution in [0, 0.1) is 0 Å². The standard InChI is InChI=1S/C16H14O2/c1-16(18)9-8-14(17)15(16)13-7-6-11-4-2-3-5-12(11)10-13/h2-10,15,18H,1H3. The summed E-state index contributed by atoms with van der Waals surface area (Å²) in [6.45, 7) is 1.67. The van der Waals surface area contributed by atoms with Crippen LogP contribution in [0.5, 0.6) is 0 Å². The average Bonchev–Trinajstić information content (AvgIpc) is 2.63. The first-order chi connectivity index (χ1) is 8.58. The number of carbonyl (C=O) groups is 1. The van der Waals surface area contributed by atoms with Crippen LogP contribution in [-0.2, 0) is 4.79 Å². The van der Waals surface area contributed by atoms with E-state index in [-0.39, 0.29) is 5.78 Å². The molecule has 0 amide bonds. The van der Waals surface area contributed by atoms with E-state index in [9.17, 15) is 9.90 Å². The van der Waals surface area contributed by atoms with Gasteiger partial charge in [-0.3, -0.25) is 4.79 Å². The maximum atomic E-state index is 11.9. The van der Waals surface area contributed by atoms with Gasteiger partial charge in [0.15, 0.2) is 5.78 Å². The van der Waals surface area contributed by atoms with Crippen LogP contribution in [0.1, 0.15) is 18.4 Å². The minimum atomic E-state index is -1.08. The van der Waals surface area contributed by atoms with Crippen molar-refractivity contribution < 1.29 is 9.90 Å². The molecule has 3 rings (SSSR count). The topological polar surface area (TPSA) is 37.3 Å². The molecule has 2 nitrogen and oxygen atoms in total.